The molecule has 6 nitrogen and oxygen atoms in total. The maximum atomic E-state index is 13.2. The third kappa shape index (κ3) is 3.82. The first-order valence-electron chi connectivity index (χ1n) is 9.99. The third-order valence-corrected chi connectivity index (χ3v) is 7.84. The van der Waals surface area contributed by atoms with Crippen LogP contribution in [0.5, 0.6) is 0 Å². The molecule has 2 aliphatic rings. The molecule has 2 aromatic rings. The summed E-state index contributed by atoms with van der Waals surface area (Å²) in [7, 11) is -3.65. The number of morpholine rings is 1. The van der Waals surface area contributed by atoms with Crippen molar-refractivity contribution in [3.8, 4) is 0 Å². The molecule has 1 N–H and O–H groups in total. The third-order valence-electron chi connectivity index (χ3n) is 5.95. The Labute approximate surface area is 171 Å². The number of nitrogens with one attached hydrogen (secondary N) is 1. The van der Waals surface area contributed by atoms with Gasteiger partial charge in [0.2, 0.25) is 10.0 Å². The number of nitrogens with zero attached hydrogens (tertiary/aromatic N) is 1. The highest BCUT2D eigenvalue weighted by Gasteiger charge is 2.40. The Morgan fingerprint density at radius 2 is 1.76 bits per heavy atom. The predicted molar refractivity (Wildman–Crippen MR) is 110 cm³/mol. The second-order valence-electron chi connectivity index (χ2n) is 7.75. The van der Waals surface area contributed by atoms with Gasteiger partial charge in [0.15, 0.2) is 0 Å². The molecule has 1 aliphatic carbocycles. The summed E-state index contributed by atoms with van der Waals surface area (Å²) in [6, 6.07) is 14.8. The minimum atomic E-state index is -3.65. The molecule has 29 heavy (non-hydrogen) atoms. The van der Waals surface area contributed by atoms with Gasteiger partial charge in [0.1, 0.15) is 0 Å². The highest BCUT2D eigenvalue weighted by Crippen LogP contribution is 2.41. The van der Waals surface area contributed by atoms with Gasteiger partial charge in [-0.1, -0.05) is 36.4 Å². The fourth-order valence-electron chi connectivity index (χ4n) is 4.00. The molecule has 1 amide bonds. The van der Waals surface area contributed by atoms with Gasteiger partial charge in [0, 0.05) is 18.7 Å². The van der Waals surface area contributed by atoms with Crippen molar-refractivity contribution in [1.29, 1.82) is 0 Å². The van der Waals surface area contributed by atoms with Crippen molar-refractivity contribution in [2.45, 2.75) is 36.6 Å². The van der Waals surface area contributed by atoms with E-state index in [0.717, 1.165) is 30.4 Å². The summed E-state index contributed by atoms with van der Waals surface area (Å²) in [4.78, 5) is 13.3. The summed E-state index contributed by atoms with van der Waals surface area (Å²) in [5, 5.41) is 3.19. The van der Waals surface area contributed by atoms with Crippen LogP contribution in [0.2, 0.25) is 0 Å². The Bertz CT molecular complexity index is 995. The van der Waals surface area contributed by atoms with Gasteiger partial charge in [-0.25, -0.2) is 8.42 Å². The van der Waals surface area contributed by atoms with Crippen molar-refractivity contribution >= 4 is 15.9 Å². The summed E-state index contributed by atoms with van der Waals surface area (Å²) in [5.41, 5.74) is 1.88. The maximum absolute atomic E-state index is 13.2. The molecule has 1 heterocycles. The molecule has 0 unspecified atom stereocenters. The number of hydrogen-bond acceptors (Lipinski definition) is 4. The van der Waals surface area contributed by atoms with Crippen LogP contribution in [0, 0.1) is 6.92 Å². The lowest BCUT2D eigenvalue weighted by Gasteiger charge is -2.43. The molecule has 0 radical (unpaired) electrons. The maximum Gasteiger partial charge on any atom is 0.252 e. The number of benzene rings is 2. The normalized spacial score (nSPS) is 19.3. The first kappa shape index (κ1) is 20.1. The Morgan fingerprint density at radius 1 is 1.07 bits per heavy atom. The van der Waals surface area contributed by atoms with Crippen molar-refractivity contribution in [1.82, 2.24) is 9.62 Å². The van der Waals surface area contributed by atoms with E-state index in [4.69, 9.17) is 4.74 Å². The van der Waals surface area contributed by atoms with Crippen LogP contribution in [0.4, 0.5) is 0 Å². The van der Waals surface area contributed by atoms with Crippen molar-refractivity contribution < 1.29 is 17.9 Å². The number of aryl methyl sites for hydroxylation is 1. The van der Waals surface area contributed by atoms with Crippen molar-refractivity contribution in [2.75, 3.05) is 26.3 Å². The molecule has 4 rings (SSSR count). The van der Waals surface area contributed by atoms with Crippen LogP contribution in [0.3, 0.4) is 0 Å². The molecular weight excluding hydrogens is 388 g/mol. The standard InChI is InChI=1S/C22H26N2O4S/c1-17-8-9-19(29(26,27)24-12-14-28-15-13-24)16-20(17)21(25)23-22(10-5-11-22)18-6-3-2-4-7-18/h2-4,6-9,16H,5,10-15H2,1H3,(H,23,25). The number of hydrogen-bond donors (Lipinski definition) is 1. The van der Waals surface area contributed by atoms with Crippen molar-refractivity contribution in [3.63, 3.8) is 0 Å². The monoisotopic (exact) mass is 414 g/mol. The average molecular weight is 415 g/mol. The van der Waals surface area contributed by atoms with Gasteiger partial charge in [0.05, 0.1) is 23.6 Å². The first-order chi connectivity index (χ1) is 13.9. The lowest BCUT2D eigenvalue weighted by atomic mass is 9.71. The smallest absolute Gasteiger partial charge is 0.252 e. The van der Waals surface area contributed by atoms with Crippen molar-refractivity contribution in [2.24, 2.45) is 0 Å². The SMILES string of the molecule is Cc1ccc(S(=O)(=O)N2CCOCC2)cc1C(=O)NC1(c2ccccc2)CCC1. The van der Waals surface area contributed by atoms with Gasteiger partial charge in [-0.3, -0.25) is 4.79 Å². The van der Waals surface area contributed by atoms with Gasteiger partial charge >= 0.3 is 0 Å². The second kappa shape index (κ2) is 7.89. The number of rotatable bonds is 5. The van der Waals surface area contributed by atoms with E-state index >= 15 is 0 Å². The second-order valence-corrected chi connectivity index (χ2v) is 9.69. The minimum absolute atomic E-state index is 0.150. The molecule has 2 aromatic carbocycles. The molecule has 154 valence electrons. The van der Waals surface area contributed by atoms with Crippen LogP contribution in [0.1, 0.15) is 40.7 Å². The van der Waals surface area contributed by atoms with Crippen LogP contribution in [0.25, 0.3) is 0 Å². The first-order valence-corrected chi connectivity index (χ1v) is 11.4. The van der Waals surface area contributed by atoms with Gasteiger partial charge in [-0.05, 0) is 49.4 Å². The molecule has 1 saturated carbocycles. The number of carbonyl (C=O) groups excluding carboxylic acids is 1. The van der Waals surface area contributed by atoms with E-state index in [2.05, 4.69) is 5.32 Å². The molecule has 0 spiro atoms. The number of carbonyl (C=O) groups is 1. The fraction of sp³-hybridized carbons (Fsp3) is 0.409. The Balaban J connectivity index is 1.61. The van der Waals surface area contributed by atoms with Gasteiger partial charge in [0.25, 0.3) is 5.91 Å². The summed E-state index contributed by atoms with van der Waals surface area (Å²) in [6.07, 6.45) is 2.82. The zero-order valence-corrected chi connectivity index (χ0v) is 17.4. The van der Waals surface area contributed by atoms with Crippen LogP contribution in [0.15, 0.2) is 53.4 Å². The molecule has 1 aliphatic heterocycles. The van der Waals surface area contributed by atoms with Gasteiger partial charge < -0.3 is 10.1 Å². The highest BCUT2D eigenvalue weighted by molar-refractivity contribution is 7.89. The van der Waals surface area contributed by atoms with E-state index in [-0.39, 0.29) is 16.3 Å². The lowest BCUT2D eigenvalue weighted by Crippen LogP contribution is -2.51. The van der Waals surface area contributed by atoms with E-state index in [9.17, 15) is 13.2 Å². The number of sulfonamides is 1. The van der Waals surface area contributed by atoms with E-state index < -0.39 is 10.0 Å². The lowest BCUT2D eigenvalue weighted by molar-refractivity contribution is 0.0730. The molecular formula is C22H26N2O4S. The summed E-state index contributed by atoms with van der Waals surface area (Å²) >= 11 is 0. The Kier molecular flexibility index (Phi) is 5.46. The van der Waals surface area contributed by atoms with Crippen LogP contribution in [-0.4, -0.2) is 44.9 Å². The highest BCUT2D eigenvalue weighted by atomic mass is 32.2. The molecule has 7 heteroatoms. The fourth-order valence-corrected chi connectivity index (χ4v) is 5.43. The quantitative estimate of drug-likeness (QED) is 0.816. The molecule has 0 aromatic heterocycles. The molecule has 0 bridgehead atoms. The van der Waals surface area contributed by atoms with Crippen molar-refractivity contribution in [3.05, 3.63) is 65.2 Å². The van der Waals surface area contributed by atoms with Gasteiger partial charge in [-0.2, -0.15) is 4.31 Å². The summed E-state index contributed by atoms with van der Waals surface area (Å²) < 4.78 is 32.6. The van der Waals surface area contributed by atoms with E-state index in [0.29, 0.717) is 31.9 Å². The Morgan fingerprint density at radius 3 is 2.38 bits per heavy atom. The van der Waals surface area contributed by atoms with Crippen LogP contribution in [-0.2, 0) is 20.3 Å². The largest absolute Gasteiger partial charge is 0.379 e. The van der Waals surface area contributed by atoms with Crippen LogP contribution >= 0.6 is 0 Å². The average Bonchev–Trinajstić information content (AvgIpc) is 2.72. The topological polar surface area (TPSA) is 75.7 Å². The summed E-state index contributed by atoms with van der Waals surface area (Å²) in [5.74, 6) is -0.231. The Hall–Kier alpha value is -2.22. The zero-order valence-electron chi connectivity index (χ0n) is 16.6. The minimum Gasteiger partial charge on any atom is -0.379 e. The molecule has 0 atom stereocenters. The van der Waals surface area contributed by atoms with E-state index in [1.165, 1.54) is 10.4 Å². The van der Waals surface area contributed by atoms with E-state index in [1.54, 1.807) is 12.1 Å². The number of ether oxygens (including phenoxy) is 1. The van der Waals surface area contributed by atoms with E-state index in [1.807, 2.05) is 37.3 Å². The van der Waals surface area contributed by atoms with Crippen LogP contribution < -0.4 is 5.32 Å². The zero-order chi connectivity index (χ0) is 20.5. The molecule has 2 fully saturated rings. The van der Waals surface area contributed by atoms with Gasteiger partial charge in [-0.15, -0.1) is 0 Å². The number of amides is 1. The molecule has 1 saturated heterocycles. The predicted octanol–water partition coefficient (Wildman–Crippen LogP) is 2.83. The summed E-state index contributed by atoms with van der Waals surface area (Å²) in [6.45, 7) is 3.26.